The number of aliphatic carboxylic acids is 2. The highest BCUT2D eigenvalue weighted by Crippen LogP contribution is 2.42. The van der Waals surface area contributed by atoms with Crippen molar-refractivity contribution in [2.24, 2.45) is 28.4 Å². The molecule has 0 spiro atoms. The van der Waals surface area contributed by atoms with E-state index in [1.165, 1.54) is 25.0 Å². The fourth-order valence-electron chi connectivity index (χ4n) is 9.63. The molecule has 1 aliphatic heterocycles. The van der Waals surface area contributed by atoms with Crippen LogP contribution in [0.3, 0.4) is 0 Å². The van der Waals surface area contributed by atoms with Crippen molar-refractivity contribution < 1.29 is 69.7 Å². The van der Waals surface area contributed by atoms with Gasteiger partial charge in [0.25, 0.3) is 0 Å². The average Bonchev–Trinajstić information content (AvgIpc) is 3.58. The number of rotatable bonds is 14. The van der Waals surface area contributed by atoms with E-state index in [9.17, 15) is 40.7 Å². The van der Waals surface area contributed by atoms with Gasteiger partial charge in [-0.05, 0) is 198 Å². The van der Waals surface area contributed by atoms with Crippen LogP contribution in [-0.4, -0.2) is 65.5 Å². The molecule has 0 atom stereocenters. The summed E-state index contributed by atoms with van der Waals surface area (Å²) in [6, 6.07) is 22.7. The largest absolute Gasteiger partial charge is 0.494 e. The second-order valence-electron chi connectivity index (χ2n) is 23.9. The Balaban J connectivity index is 0.000000261. The van der Waals surface area contributed by atoms with Gasteiger partial charge in [0, 0.05) is 23.0 Å². The molecule has 3 aliphatic rings. The lowest BCUT2D eigenvalue weighted by molar-refractivity contribution is -0.138. The van der Waals surface area contributed by atoms with E-state index in [0.29, 0.717) is 65.1 Å². The third-order valence-corrected chi connectivity index (χ3v) is 15.6. The molecule has 0 unspecified atom stereocenters. The molecule has 10 nitrogen and oxygen atoms in total. The van der Waals surface area contributed by atoms with Gasteiger partial charge in [0.15, 0.2) is 0 Å². The number of hydrogen-bond donors (Lipinski definition) is 3. The summed E-state index contributed by atoms with van der Waals surface area (Å²) < 4.78 is 102. The predicted octanol–water partition coefficient (Wildman–Crippen LogP) is 15.8. The minimum absolute atomic E-state index is 0.00157. The van der Waals surface area contributed by atoms with Crippen molar-refractivity contribution in [3.63, 3.8) is 0 Å². The first-order chi connectivity index (χ1) is 36.6. The molecule has 1 saturated heterocycles. The van der Waals surface area contributed by atoms with Gasteiger partial charge in [-0.1, -0.05) is 87.8 Å². The van der Waals surface area contributed by atoms with Crippen molar-refractivity contribution >= 4 is 46.7 Å². The molecule has 4 aromatic rings. The maximum Gasteiger partial charge on any atom is 0.494 e. The second kappa shape index (κ2) is 28.7. The van der Waals surface area contributed by atoms with Gasteiger partial charge in [-0.15, -0.1) is 0 Å². The molecule has 2 saturated carbocycles. The number of aryl methyl sites for hydroxylation is 1. The first-order valence-electron chi connectivity index (χ1n) is 27.2. The molecule has 0 bridgehead atoms. The summed E-state index contributed by atoms with van der Waals surface area (Å²) in [7, 11) is -0.309. The number of benzene rings is 4. The standard InChI is InChI=1S/C28H35F3O3.C22H35BO3.C8H4BrF3O.C3H7NO2/c1-27(2,3)22-10-14-25(15-11-22)34-24-12-8-20(9-13-24)21-16-19(6-4-5-7-26(32)33)17-23(18-21)28(29,30)31;1-20(2,3)16-8-12-18(13-9-16)24-19-14-10-17(11-15-19)23-25-21(4,5)22(6,7)26-23;9-7-2-5(4-13)1-6(3-7)8(10,11)12;4-2-1-3(5)6/h8-9,12-13,16-18,22,25H,4-7,10-11,14-15H2,1-3H3,(H,32,33);10-11,14-16,18H,8-9,12-13H2,1-7H3;1-4H;1-2,4H2,(H,5,6). The maximum atomic E-state index is 13.5. The van der Waals surface area contributed by atoms with Crippen LogP contribution in [-0.2, 0) is 37.7 Å². The molecule has 2 aliphatic carbocycles. The van der Waals surface area contributed by atoms with Crippen LogP contribution in [0.4, 0.5) is 26.3 Å². The third kappa shape index (κ3) is 21.8. The van der Waals surface area contributed by atoms with Crippen LogP contribution in [0.2, 0.25) is 0 Å². The number of carbonyl (C=O) groups excluding carboxylic acids is 1. The molecule has 3 fully saturated rings. The Morgan fingerprint density at radius 3 is 1.47 bits per heavy atom. The van der Waals surface area contributed by atoms with Crippen LogP contribution >= 0.6 is 15.9 Å². The molecule has 18 heteroatoms. The quantitative estimate of drug-likeness (QED) is 0.0481. The van der Waals surface area contributed by atoms with Crippen LogP contribution in [0.15, 0.2) is 89.4 Å². The first kappa shape index (κ1) is 66.6. The van der Waals surface area contributed by atoms with Gasteiger partial charge < -0.3 is 34.7 Å². The number of carboxylic acid groups (broad SMARTS) is 2. The van der Waals surface area contributed by atoms with E-state index in [2.05, 4.69) is 109 Å². The lowest BCUT2D eigenvalue weighted by Crippen LogP contribution is -2.41. The summed E-state index contributed by atoms with van der Waals surface area (Å²) >= 11 is 2.89. The van der Waals surface area contributed by atoms with Crippen LogP contribution in [0.1, 0.15) is 173 Å². The fourth-order valence-corrected chi connectivity index (χ4v) is 10.1. The van der Waals surface area contributed by atoms with Crippen molar-refractivity contribution in [2.75, 3.05) is 6.54 Å². The fraction of sp³-hybridized carbons (Fsp3) is 0.557. The number of hydrogen-bond acceptors (Lipinski definition) is 8. The van der Waals surface area contributed by atoms with Crippen molar-refractivity contribution in [3.05, 3.63) is 112 Å². The van der Waals surface area contributed by atoms with Crippen molar-refractivity contribution in [2.45, 2.75) is 188 Å². The average molecular weight is 1180 g/mol. The van der Waals surface area contributed by atoms with Crippen molar-refractivity contribution in [3.8, 4) is 22.6 Å². The van der Waals surface area contributed by atoms with Gasteiger partial charge in [-0.2, -0.15) is 26.3 Å². The highest BCUT2D eigenvalue weighted by Gasteiger charge is 2.51. The summed E-state index contributed by atoms with van der Waals surface area (Å²) in [5, 5.41) is 16.6. The lowest BCUT2D eigenvalue weighted by atomic mass is 9.72. The Morgan fingerprint density at radius 1 is 0.633 bits per heavy atom. The Kier molecular flexibility index (Phi) is 24.2. The second-order valence-corrected chi connectivity index (χ2v) is 24.9. The number of aldehydes is 1. The van der Waals surface area contributed by atoms with Crippen LogP contribution in [0.25, 0.3) is 11.1 Å². The van der Waals surface area contributed by atoms with Crippen LogP contribution in [0.5, 0.6) is 11.5 Å². The molecule has 436 valence electrons. The molecule has 4 aromatic carbocycles. The number of carboxylic acids is 2. The van der Waals surface area contributed by atoms with Crippen molar-refractivity contribution in [1.82, 2.24) is 0 Å². The number of alkyl halides is 6. The van der Waals surface area contributed by atoms with E-state index in [-0.39, 0.29) is 53.8 Å². The van der Waals surface area contributed by atoms with E-state index in [1.54, 1.807) is 18.2 Å². The number of halogens is 7. The van der Waals surface area contributed by atoms with Gasteiger partial charge >= 0.3 is 31.4 Å². The first-order valence-corrected chi connectivity index (χ1v) is 28.0. The molecule has 0 aromatic heterocycles. The number of nitrogens with two attached hydrogens (primary N) is 1. The zero-order valence-electron chi connectivity index (χ0n) is 47.4. The van der Waals surface area contributed by atoms with Crippen molar-refractivity contribution in [1.29, 1.82) is 0 Å². The molecule has 0 amide bonds. The van der Waals surface area contributed by atoms with Gasteiger partial charge in [0.1, 0.15) is 17.8 Å². The van der Waals surface area contributed by atoms with E-state index in [0.717, 1.165) is 79.6 Å². The predicted molar refractivity (Wildman–Crippen MR) is 302 cm³/mol. The van der Waals surface area contributed by atoms with E-state index < -0.39 is 35.4 Å². The minimum Gasteiger partial charge on any atom is -0.490 e. The topological polar surface area (TPSA) is 155 Å². The summed E-state index contributed by atoms with van der Waals surface area (Å²) in [5.74, 6) is 1.47. The Bertz CT molecular complexity index is 2550. The molecule has 0 radical (unpaired) electrons. The SMILES string of the molecule is CC(C)(C)C1CCC(Oc2ccc(-c3cc(CCCCC(=O)O)cc(C(F)(F)F)c3)cc2)CC1.CC(C)(C)C1CCC(Oc2ccc(B3OC(C)(C)C(C)(C)O3)cc2)CC1.NCCC(=O)O.O=Cc1cc(Br)cc(C(F)(F)F)c1. The molecule has 79 heavy (non-hydrogen) atoms. The normalized spacial score (nSPS) is 20.0. The van der Waals surface area contributed by atoms with E-state index in [4.69, 9.17) is 34.7 Å². The third-order valence-electron chi connectivity index (χ3n) is 15.2. The Hall–Kier alpha value is -4.91. The van der Waals surface area contributed by atoms with E-state index in [1.807, 2.05) is 12.1 Å². The Morgan fingerprint density at radius 2 is 1.08 bits per heavy atom. The summed E-state index contributed by atoms with van der Waals surface area (Å²) in [4.78, 5) is 30.5. The maximum absolute atomic E-state index is 13.5. The van der Waals surface area contributed by atoms with Gasteiger partial charge in [0.2, 0.25) is 0 Å². The van der Waals surface area contributed by atoms with Gasteiger partial charge in [0.05, 0.1) is 41.0 Å². The van der Waals surface area contributed by atoms with Gasteiger partial charge in [-0.25, -0.2) is 0 Å². The van der Waals surface area contributed by atoms with Gasteiger partial charge in [-0.3, -0.25) is 14.4 Å². The Labute approximate surface area is 472 Å². The lowest BCUT2D eigenvalue weighted by Gasteiger charge is -2.37. The summed E-state index contributed by atoms with van der Waals surface area (Å²) in [5.41, 5.74) is 6.25. The zero-order chi connectivity index (χ0) is 59.1. The molecular weight excluding hydrogens is 1100 g/mol. The number of carbonyl (C=O) groups is 3. The van der Waals surface area contributed by atoms with Crippen LogP contribution in [0, 0.1) is 22.7 Å². The monoisotopic (exact) mass is 1180 g/mol. The molecule has 7 rings (SSSR count). The summed E-state index contributed by atoms with van der Waals surface area (Å²) in [6.07, 6.45) is 2.65. The minimum atomic E-state index is -4.44. The number of ether oxygens (including phenoxy) is 2. The highest BCUT2D eigenvalue weighted by atomic mass is 79.9. The zero-order valence-corrected chi connectivity index (χ0v) is 49.0. The van der Waals surface area contributed by atoms with Crippen LogP contribution < -0.4 is 20.7 Å². The van der Waals surface area contributed by atoms with E-state index >= 15 is 0 Å². The highest BCUT2D eigenvalue weighted by molar-refractivity contribution is 9.10. The smallest absolute Gasteiger partial charge is 0.490 e. The molecular formula is C61H81BBrF6NO9. The number of unbranched alkanes of at least 4 members (excludes halogenated alkanes) is 1. The molecule has 1 heterocycles. The summed E-state index contributed by atoms with van der Waals surface area (Å²) in [6.45, 7) is 22.5. The molecule has 4 N–H and O–H groups in total.